The van der Waals surface area contributed by atoms with Gasteiger partial charge >= 0.3 is 0 Å². The van der Waals surface area contributed by atoms with Gasteiger partial charge in [0.15, 0.2) is 0 Å². The number of amides is 2. The summed E-state index contributed by atoms with van der Waals surface area (Å²) in [6.45, 7) is 0.894. The molecule has 0 bridgehead atoms. The molecule has 10 heteroatoms. The van der Waals surface area contributed by atoms with Crippen molar-refractivity contribution in [3.8, 4) is 0 Å². The van der Waals surface area contributed by atoms with E-state index in [2.05, 4.69) is 5.32 Å². The van der Waals surface area contributed by atoms with Crippen LogP contribution in [-0.2, 0) is 26.0 Å². The van der Waals surface area contributed by atoms with Gasteiger partial charge in [0.2, 0.25) is 21.8 Å². The van der Waals surface area contributed by atoms with Crippen molar-refractivity contribution in [2.24, 2.45) is 0 Å². The molecule has 0 unspecified atom stereocenters. The van der Waals surface area contributed by atoms with Gasteiger partial charge in [0.05, 0.1) is 33.6 Å². The summed E-state index contributed by atoms with van der Waals surface area (Å²) < 4.78 is 27.0. The first-order valence-corrected chi connectivity index (χ1v) is 12.4. The van der Waals surface area contributed by atoms with Crippen molar-refractivity contribution in [3.05, 3.63) is 58.1 Å². The van der Waals surface area contributed by atoms with Crippen LogP contribution in [0.15, 0.2) is 47.4 Å². The molecule has 1 aliphatic heterocycles. The number of halogens is 2. The molecular formula is C22H25Cl2N3O4S. The number of nitrogens with zero attached hydrogens (tertiary/aromatic N) is 2. The second kappa shape index (κ2) is 10.7. The monoisotopic (exact) mass is 497 g/mol. The number of nitrogens with one attached hydrogen (secondary N) is 1. The average molecular weight is 498 g/mol. The maximum Gasteiger partial charge on any atom is 0.244 e. The Morgan fingerprint density at radius 1 is 1.00 bits per heavy atom. The van der Waals surface area contributed by atoms with E-state index in [1.54, 1.807) is 30.3 Å². The maximum atomic E-state index is 12.7. The standard InChI is InChI=1S/C22H25Cl2N3O4S/c1-26(15-20(28)25-22-18(23)6-5-7-19(22)24)21(29)14-16-8-10-17(11-9-16)32(30,31)27-12-3-2-4-13-27/h5-11H,2-4,12-15H2,1H3,(H,25,28). The highest BCUT2D eigenvalue weighted by molar-refractivity contribution is 7.89. The lowest BCUT2D eigenvalue weighted by molar-refractivity contribution is -0.132. The highest BCUT2D eigenvalue weighted by Gasteiger charge is 2.26. The predicted molar refractivity (Wildman–Crippen MR) is 125 cm³/mol. The summed E-state index contributed by atoms with van der Waals surface area (Å²) >= 11 is 12.1. The lowest BCUT2D eigenvalue weighted by Crippen LogP contribution is -2.36. The van der Waals surface area contributed by atoms with Crippen molar-refractivity contribution in [2.45, 2.75) is 30.6 Å². The first-order valence-electron chi connectivity index (χ1n) is 10.3. The smallest absolute Gasteiger partial charge is 0.244 e. The number of carbonyl (C=O) groups excluding carboxylic acids is 2. The third-order valence-electron chi connectivity index (χ3n) is 5.27. The minimum atomic E-state index is -3.51. The summed E-state index contributed by atoms with van der Waals surface area (Å²) in [6, 6.07) is 11.2. The average Bonchev–Trinajstić information content (AvgIpc) is 2.77. The second-order valence-corrected chi connectivity index (χ2v) is 10.4. The Hall–Kier alpha value is -2.13. The Kier molecular flexibility index (Phi) is 8.16. The summed E-state index contributed by atoms with van der Waals surface area (Å²) in [5, 5.41) is 3.23. The molecule has 1 N–H and O–H groups in total. The minimum Gasteiger partial charge on any atom is -0.336 e. The van der Waals surface area contributed by atoms with E-state index in [1.807, 2.05) is 0 Å². The zero-order chi connectivity index (χ0) is 23.3. The number of likely N-dealkylation sites (N-methyl/N-ethyl adjacent to an activating group) is 1. The summed E-state index contributed by atoms with van der Waals surface area (Å²) in [6.07, 6.45) is 2.83. The zero-order valence-electron chi connectivity index (χ0n) is 17.7. The van der Waals surface area contributed by atoms with Gasteiger partial charge in [0.1, 0.15) is 0 Å². The van der Waals surface area contributed by atoms with Crippen molar-refractivity contribution in [3.63, 3.8) is 0 Å². The Bertz CT molecular complexity index is 1060. The first kappa shape index (κ1) is 24.5. The van der Waals surface area contributed by atoms with E-state index in [1.165, 1.54) is 28.4 Å². The quantitative estimate of drug-likeness (QED) is 0.629. The largest absolute Gasteiger partial charge is 0.336 e. The molecule has 1 saturated heterocycles. The Morgan fingerprint density at radius 2 is 1.59 bits per heavy atom. The van der Waals surface area contributed by atoms with Crippen LogP contribution in [-0.4, -0.2) is 56.1 Å². The fourth-order valence-electron chi connectivity index (χ4n) is 3.44. The summed E-state index contributed by atoms with van der Waals surface area (Å²) in [5.41, 5.74) is 0.959. The minimum absolute atomic E-state index is 0.0423. The molecule has 0 radical (unpaired) electrons. The Balaban J connectivity index is 1.57. The molecule has 1 heterocycles. The van der Waals surface area contributed by atoms with Crippen molar-refractivity contribution >= 4 is 50.7 Å². The van der Waals surface area contributed by atoms with E-state index in [-0.39, 0.29) is 23.8 Å². The van der Waals surface area contributed by atoms with Crippen molar-refractivity contribution in [1.82, 2.24) is 9.21 Å². The van der Waals surface area contributed by atoms with Crippen LogP contribution in [0.25, 0.3) is 0 Å². The summed E-state index contributed by atoms with van der Waals surface area (Å²) in [7, 11) is -1.99. The van der Waals surface area contributed by atoms with Crippen LogP contribution in [0.3, 0.4) is 0 Å². The molecule has 32 heavy (non-hydrogen) atoms. The first-order chi connectivity index (χ1) is 15.2. The number of benzene rings is 2. The number of carbonyl (C=O) groups is 2. The molecule has 7 nitrogen and oxygen atoms in total. The number of hydrogen-bond acceptors (Lipinski definition) is 4. The lowest BCUT2D eigenvalue weighted by Gasteiger charge is -2.25. The van der Waals surface area contributed by atoms with Crippen LogP contribution < -0.4 is 5.32 Å². The molecule has 172 valence electrons. The molecule has 1 fully saturated rings. The van der Waals surface area contributed by atoms with Crippen LogP contribution in [0.2, 0.25) is 10.0 Å². The second-order valence-electron chi connectivity index (χ2n) is 7.68. The van der Waals surface area contributed by atoms with Gasteiger partial charge in [0, 0.05) is 20.1 Å². The number of piperidine rings is 1. The molecule has 3 rings (SSSR count). The van der Waals surface area contributed by atoms with Gasteiger partial charge < -0.3 is 10.2 Å². The molecule has 2 amide bonds. The Labute approximate surface area is 198 Å². The molecule has 2 aromatic carbocycles. The maximum absolute atomic E-state index is 12.7. The molecule has 0 spiro atoms. The zero-order valence-corrected chi connectivity index (χ0v) is 20.0. The van der Waals surface area contributed by atoms with E-state index in [4.69, 9.17) is 23.2 Å². The number of para-hydroxylation sites is 1. The topological polar surface area (TPSA) is 86.8 Å². The van der Waals surface area contributed by atoms with Crippen molar-refractivity contribution in [1.29, 1.82) is 0 Å². The number of hydrogen-bond donors (Lipinski definition) is 1. The van der Waals surface area contributed by atoms with E-state index in [0.717, 1.165) is 19.3 Å². The van der Waals surface area contributed by atoms with Crippen LogP contribution >= 0.6 is 23.2 Å². The number of sulfonamides is 1. The van der Waals surface area contributed by atoms with Gasteiger partial charge in [-0.25, -0.2) is 8.42 Å². The SMILES string of the molecule is CN(CC(=O)Nc1c(Cl)cccc1Cl)C(=O)Cc1ccc(S(=O)(=O)N2CCCCC2)cc1. The van der Waals surface area contributed by atoms with Gasteiger partial charge in [-0.2, -0.15) is 4.31 Å². The van der Waals surface area contributed by atoms with Crippen LogP contribution in [0.1, 0.15) is 24.8 Å². The van der Waals surface area contributed by atoms with Gasteiger partial charge in [-0.15, -0.1) is 0 Å². The van der Waals surface area contributed by atoms with E-state index >= 15 is 0 Å². The Morgan fingerprint density at radius 3 is 2.19 bits per heavy atom. The molecule has 2 aromatic rings. The van der Waals surface area contributed by atoms with Crippen molar-refractivity contribution < 1.29 is 18.0 Å². The molecule has 0 atom stereocenters. The molecule has 0 aliphatic carbocycles. The molecule has 0 saturated carbocycles. The van der Waals surface area contributed by atoms with Crippen LogP contribution in [0.4, 0.5) is 5.69 Å². The van der Waals surface area contributed by atoms with E-state index < -0.39 is 15.9 Å². The number of rotatable bonds is 7. The van der Waals surface area contributed by atoms with Gasteiger partial charge in [0.25, 0.3) is 0 Å². The fraction of sp³-hybridized carbons (Fsp3) is 0.364. The fourth-order valence-corrected chi connectivity index (χ4v) is 5.45. The van der Waals surface area contributed by atoms with Crippen LogP contribution in [0.5, 0.6) is 0 Å². The van der Waals surface area contributed by atoms with Crippen LogP contribution in [0, 0.1) is 0 Å². The van der Waals surface area contributed by atoms with Gasteiger partial charge in [-0.3, -0.25) is 9.59 Å². The molecule has 0 aromatic heterocycles. The highest BCUT2D eigenvalue weighted by atomic mass is 35.5. The normalized spacial score (nSPS) is 14.7. The number of anilines is 1. The predicted octanol–water partition coefficient (Wildman–Crippen LogP) is 3.81. The van der Waals surface area contributed by atoms with E-state index in [0.29, 0.717) is 34.4 Å². The third-order valence-corrected chi connectivity index (χ3v) is 7.81. The highest BCUT2D eigenvalue weighted by Crippen LogP contribution is 2.29. The third kappa shape index (κ3) is 6.01. The van der Waals surface area contributed by atoms with Crippen molar-refractivity contribution in [2.75, 3.05) is 32.0 Å². The summed E-state index contributed by atoms with van der Waals surface area (Å²) in [5.74, 6) is -0.712. The molecule has 1 aliphatic rings. The summed E-state index contributed by atoms with van der Waals surface area (Å²) in [4.78, 5) is 26.3. The molecular weight excluding hydrogens is 473 g/mol. The van der Waals surface area contributed by atoms with Gasteiger partial charge in [-0.1, -0.05) is 47.8 Å². The van der Waals surface area contributed by atoms with E-state index in [9.17, 15) is 18.0 Å². The lowest BCUT2D eigenvalue weighted by atomic mass is 10.1. The van der Waals surface area contributed by atoms with Gasteiger partial charge in [-0.05, 0) is 42.7 Å².